The normalized spacial score (nSPS) is 11.4. The van der Waals surface area contributed by atoms with E-state index in [4.69, 9.17) is 16.6 Å². The van der Waals surface area contributed by atoms with E-state index in [1.165, 1.54) is 24.3 Å². The SMILES string of the molecule is NC(=O)CCC(NC(=O)c1ccc(C(N)=O)cc1)C(=O)O. The smallest absolute Gasteiger partial charge is 0.326 e. The Balaban J connectivity index is 2.74. The standard InChI is InChI=1S/C13H15N3O5/c14-10(17)6-5-9(13(20)21)16-12(19)8-3-1-7(2-4-8)11(15)18/h1-4,9H,5-6H2,(H2,14,17)(H2,15,18)(H,16,19)(H,20,21). The molecule has 0 bridgehead atoms. The molecule has 1 rings (SSSR count). The Labute approximate surface area is 120 Å². The van der Waals surface area contributed by atoms with Crippen LogP contribution in [0.4, 0.5) is 0 Å². The number of benzene rings is 1. The van der Waals surface area contributed by atoms with E-state index < -0.39 is 29.7 Å². The molecule has 6 N–H and O–H groups in total. The van der Waals surface area contributed by atoms with Crippen molar-refractivity contribution < 1.29 is 24.3 Å². The van der Waals surface area contributed by atoms with Crippen LogP contribution in [0.2, 0.25) is 0 Å². The van der Waals surface area contributed by atoms with Crippen LogP contribution in [0.15, 0.2) is 24.3 Å². The van der Waals surface area contributed by atoms with E-state index in [-0.39, 0.29) is 24.0 Å². The van der Waals surface area contributed by atoms with Gasteiger partial charge in [0.2, 0.25) is 11.8 Å². The molecule has 112 valence electrons. The fraction of sp³-hybridized carbons (Fsp3) is 0.231. The molecular weight excluding hydrogens is 278 g/mol. The van der Waals surface area contributed by atoms with Gasteiger partial charge in [-0.3, -0.25) is 14.4 Å². The second kappa shape index (κ2) is 7.04. The first kappa shape index (κ1) is 16.2. The van der Waals surface area contributed by atoms with Gasteiger partial charge in [-0.05, 0) is 30.7 Å². The lowest BCUT2D eigenvalue weighted by Gasteiger charge is -2.13. The fourth-order valence-corrected chi connectivity index (χ4v) is 1.57. The number of aliphatic carboxylic acids is 1. The van der Waals surface area contributed by atoms with E-state index in [0.717, 1.165) is 0 Å². The summed E-state index contributed by atoms with van der Waals surface area (Å²) in [6, 6.07) is 4.19. The van der Waals surface area contributed by atoms with E-state index in [9.17, 15) is 19.2 Å². The molecule has 1 aromatic rings. The third kappa shape index (κ3) is 4.94. The van der Waals surface area contributed by atoms with Gasteiger partial charge in [-0.1, -0.05) is 0 Å². The van der Waals surface area contributed by atoms with Gasteiger partial charge < -0.3 is 21.9 Å². The van der Waals surface area contributed by atoms with Crippen molar-refractivity contribution in [3.05, 3.63) is 35.4 Å². The molecule has 1 aromatic carbocycles. The summed E-state index contributed by atoms with van der Waals surface area (Å²) in [7, 11) is 0. The van der Waals surface area contributed by atoms with Crippen molar-refractivity contribution in [1.82, 2.24) is 5.32 Å². The molecule has 21 heavy (non-hydrogen) atoms. The summed E-state index contributed by atoms with van der Waals surface area (Å²) in [5.74, 6) is -3.19. The maximum absolute atomic E-state index is 11.9. The first-order chi connectivity index (χ1) is 9.81. The van der Waals surface area contributed by atoms with Crippen molar-refractivity contribution in [3.8, 4) is 0 Å². The number of rotatable bonds is 7. The number of carboxylic acids is 1. The Kier molecular flexibility index (Phi) is 5.41. The lowest BCUT2D eigenvalue weighted by molar-refractivity contribution is -0.139. The van der Waals surface area contributed by atoms with Crippen molar-refractivity contribution in [1.29, 1.82) is 0 Å². The quantitative estimate of drug-likeness (QED) is 0.520. The predicted octanol–water partition coefficient (Wildman–Crippen LogP) is -0.766. The molecule has 1 atom stereocenters. The average Bonchev–Trinajstić information content (AvgIpc) is 2.42. The van der Waals surface area contributed by atoms with E-state index in [2.05, 4.69) is 5.32 Å². The van der Waals surface area contributed by atoms with Crippen molar-refractivity contribution >= 4 is 23.7 Å². The van der Waals surface area contributed by atoms with Gasteiger partial charge in [0.05, 0.1) is 0 Å². The largest absolute Gasteiger partial charge is 0.480 e. The maximum atomic E-state index is 11.9. The number of hydrogen-bond acceptors (Lipinski definition) is 4. The minimum absolute atomic E-state index is 0.101. The molecule has 0 saturated heterocycles. The Bertz CT molecular complexity index is 568. The van der Waals surface area contributed by atoms with Gasteiger partial charge in [0, 0.05) is 17.5 Å². The number of primary amides is 2. The molecule has 1 unspecified atom stereocenters. The highest BCUT2D eigenvalue weighted by Gasteiger charge is 2.21. The highest BCUT2D eigenvalue weighted by atomic mass is 16.4. The summed E-state index contributed by atoms with van der Waals surface area (Å²) < 4.78 is 0. The number of carbonyl (C=O) groups excluding carboxylic acids is 3. The van der Waals surface area contributed by atoms with Gasteiger partial charge >= 0.3 is 5.97 Å². The van der Waals surface area contributed by atoms with Gasteiger partial charge in [0.15, 0.2) is 0 Å². The molecule has 8 nitrogen and oxygen atoms in total. The van der Waals surface area contributed by atoms with Crippen molar-refractivity contribution in [2.45, 2.75) is 18.9 Å². The molecule has 0 spiro atoms. The average molecular weight is 293 g/mol. The summed E-state index contributed by atoms with van der Waals surface area (Å²) in [6.07, 6.45) is -0.256. The van der Waals surface area contributed by atoms with Crippen LogP contribution in [0.5, 0.6) is 0 Å². The summed E-state index contributed by atoms with van der Waals surface area (Å²) in [4.78, 5) is 44.4. The number of amides is 3. The molecule has 0 aromatic heterocycles. The lowest BCUT2D eigenvalue weighted by atomic mass is 10.1. The predicted molar refractivity (Wildman–Crippen MR) is 72.3 cm³/mol. The molecule has 0 aliphatic heterocycles. The molecule has 0 aliphatic carbocycles. The Morgan fingerprint density at radius 1 is 1.05 bits per heavy atom. The molecule has 0 fully saturated rings. The summed E-state index contributed by atoms with van der Waals surface area (Å²) >= 11 is 0. The first-order valence-electron chi connectivity index (χ1n) is 6.03. The van der Waals surface area contributed by atoms with Crippen molar-refractivity contribution in [3.63, 3.8) is 0 Å². The summed E-state index contributed by atoms with van der Waals surface area (Å²) in [5, 5.41) is 11.2. The minimum Gasteiger partial charge on any atom is -0.480 e. The highest BCUT2D eigenvalue weighted by molar-refractivity contribution is 5.98. The fourth-order valence-electron chi connectivity index (χ4n) is 1.57. The highest BCUT2D eigenvalue weighted by Crippen LogP contribution is 2.06. The van der Waals surface area contributed by atoms with Crippen LogP contribution in [0.3, 0.4) is 0 Å². The molecule has 0 aliphatic rings. The van der Waals surface area contributed by atoms with Crippen LogP contribution in [0.1, 0.15) is 33.6 Å². The molecule has 0 radical (unpaired) electrons. The van der Waals surface area contributed by atoms with Crippen molar-refractivity contribution in [2.24, 2.45) is 11.5 Å². The number of carboxylic acid groups (broad SMARTS) is 1. The third-order valence-electron chi connectivity index (χ3n) is 2.71. The molecule has 8 heteroatoms. The van der Waals surface area contributed by atoms with Gasteiger partial charge in [0.1, 0.15) is 6.04 Å². The third-order valence-corrected chi connectivity index (χ3v) is 2.71. The minimum atomic E-state index is -1.27. The van der Waals surface area contributed by atoms with Crippen LogP contribution >= 0.6 is 0 Å². The molecule has 3 amide bonds. The first-order valence-corrected chi connectivity index (χ1v) is 6.03. The van der Waals surface area contributed by atoms with Gasteiger partial charge in [-0.2, -0.15) is 0 Å². The van der Waals surface area contributed by atoms with Gasteiger partial charge in [-0.15, -0.1) is 0 Å². The van der Waals surface area contributed by atoms with E-state index in [1.807, 2.05) is 0 Å². The lowest BCUT2D eigenvalue weighted by Crippen LogP contribution is -2.41. The number of carbonyl (C=O) groups is 4. The van der Waals surface area contributed by atoms with Crippen LogP contribution < -0.4 is 16.8 Å². The maximum Gasteiger partial charge on any atom is 0.326 e. The topological polar surface area (TPSA) is 153 Å². The van der Waals surface area contributed by atoms with Crippen molar-refractivity contribution in [2.75, 3.05) is 0 Å². The Morgan fingerprint density at radius 2 is 1.57 bits per heavy atom. The summed E-state index contributed by atoms with van der Waals surface area (Å²) in [6.45, 7) is 0. The number of hydrogen-bond donors (Lipinski definition) is 4. The molecule has 0 heterocycles. The van der Waals surface area contributed by atoms with E-state index in [1.54, 1.807) is 0 Å². The molecular formula is C13H15N3O5. The second-order valence-corrected chi connectivity index (χ2v) is 4.31. The van der Waals surface area contributed by atoms with Gasteiger partial charge in [-0.25, -0.2) is 4.79 Å². The molecule has 0 saturated carbocycles. The van der Waals surface area contributed by atoms with Crippen LogP contribution in [-0.4, -0.2) is 34.8 Å². The Hall–Kier alpha value is -2.90. The second-order valence-electron chi connectivity index (χ2n) is 4.31. The van der Waals surface area contributed by atoms with E-state index in [0.29, 0.717) is 0 Å². The van der Waals surface area contributed by atoms with Crippen LogP contribution in [0, 0.1) is 0 Å². The zero-order valence-electron chi connectivity index (χ0n) is 11.0. The van der Waals surface area contributed by atoms with E-state index >= 15 is 0 Å². The number of nitrogens with two attached hydrogens (primary N) is 2. The monoisotopic (exact) mass is 293 g/mol. The Morgan fingerprint density at radius 3 is 2.00 bits per heavy atom. The van der Waals surface area contributed by atoms with Gasteiger partial charge in [0.25, 0.3) is 5.91 Å². The van der Waals surface area contributed by atoms with Crippen LogP contribution in [0.25, 0.3) is 0 Å². The zero-order valence-corrected chi connectivity index (χ0v) is 11.0. The number of nitrogens with one attached hydrogen (secondary N) is 1. The summed E-state index contributed by atoms with van der Waals surface area (Å²) in [5.41, 5.74) is 10.4. The zero-order chi connectivity index (χ0) is 16.0. The van der Waals surface area contributed by atoms with Crippen LogP contribution in [-0.2, 0) is 9.59 Å².